The first kappa shape index (κ1) is 15.9. The van der Waals surface area contributed by atoms with Crippen molar-refractivity contribution in [1.82, 2.24) is 15.2 Å². The minimum atomic E-state index is 0.0191. The summed E-state index contributed by atoms with van der Waals surface area (Å²) in [4.78, 5) is 20.9. The summed E-state index contributed by atoms with van der Waals surface area (Å²) in [5.74, 6) is 0.806. The lowest BCUT2D eigenvalue weighted by Crippen LogP contribution is -2.52. The minimum Gasteiger partial charge on any atom is -0.494 e. The van der Waals surface area contributed by atoms with Gasteiger partial charge in [-0.05, 0) is 26.0 Å². The number of para-hydroxylation sites is 1. The molecular weight excluding hydrogens is 312 g/mol. The summed E-state index contributed by atoms with van der Waals surface area (Å²) in [6.45, 7) is 6.98. The molecule has 0 aliphatic carbocycles. The molecule has 2 aromatic rings. The second-order valence-electron chi connectivity index (χ2n) is 5.88. The predicted octanol–water partition coefficient (Wildman–Crippen LogP) is 2.54. The Morgan fingerprint density at radius 2 is 2.04 bits per heavy atom. The van der Waals surface area contributed by atoms with Gasteiger partial charge in [0.15, 0.2) is 5.13 Å². The van der Waals surface area contributed by atoms with Gasteiger partial charge in [-0.1, -0.05) is 17.4 Å². The summed E-state index contributed by atoms with van der Waals surface area (Å²) in [5.41, 5.74) is 0.912. The van der Waals surface area contributed by atoms with Crippen molar-refractivity contribution in [2.75, 3.05) is 38.2 Å². The van der Waals surface area contributed by atoms with Crippen molar-refractivity contribution < 1.29 is 9.53 Å². The minimum absolute atomic E-state index is 0.0191. The normalized spacial score (nSPS) is 15.3. The van der Waals surface area contributed by atoms with Crippen LogP contribution < -0.4 is 15.0 Å². The lowest BCUT2D eigenvalue weighted by molar-refractivity contribution is 0.192. The molecule has 0 atom stereocenters. The van der Waals surface area contributed by atoms with Gasteiger partial charge in [0.05, 0.1) is 11.8 Å². The molecule has 1 aromatic heterocycles. The number of methoxy groups -OCH3 is 1. The van der Waals surface area contributed by atoms with E-state index in [1.807, 2.05) is 30.9 Å². The lowest BCUT2D eigenvalue weighted by Gasteiger charge is -2.34. The van der Waals surface area contributed by atoms with Gasteiger partial charge in [0.1, 0.15) is 11.3 Å². The summed E-state index contributed by atoms with van der Waals surface area (Å²) < 4.78 is 6.50. The molecule has 124 valence electrons. The van der Waals surface area contributed by atoms with Crippen LogP contribution in [0.1, 0.15) is 13.8 Å². The topological polar surface area (TPSA) is 57.7 Å². The van der Waals surface area contributed by atoms with Gasteiger partial charge in [0.25, 0.3) is 0 Å². The van der Waals surface area contributed by atoms with Crippen molar-refractivity contribution in [2.45, 2.75) is 19.9 Å². The number of urea groups is 1. The molecular formula is C16H22N4O2S. The van der Waals surface area contributed by atoms with Crippen molar-refractivity contribution in [2.24, 2.45) is 0 Å². The first-order valence-corrected chi connectivity index (χ1v) is 8.64. The molecule has 6 nitrogen and oxygen atoms in total. The number of piperazine rings is 1. The van der Waals surface area contributed by atoms with E-state index in [0.29, 0.717) is 13.1 Å². The SMILES string of the molecule is COc1cccc2sc(N3CCN(C(=O)NC(C)C)CC3)nc12. The molecule has 0 radical (unpaired) electrons. The number of anilines is 1. The molecule has 1 aliphatic heterocycles. The smallest absolute Gasteiger partial charge is 0.317 e. The molecule has 1 saturated heterocycles. The molecule has 0 saturated carbocycles. The van der Waals surface area contributed by atoms with Crippen LogP contribution in [0.2, 0.25) is 0 Å². The Morgan fingerprint density at radius 1 is 1.30 bits per heavy atom. The number of rotatable bonds is 3. The summed E-state index contributed by atoms with van der Waals surface area (Å²) >= 11 is 1.67. The van der Waals surface area contributed by atoms with E-state index in [1.165, 1.54) is 0 Å². The molecule has 2 heterocycles. The van der Waals surface area contributed by atoms with Gasteiger partial charge in [-0.2, -0.15) is 0 Å². The number of carbonyl (C=O) groups excluding carboxylic acids is 1. The largest absolute Gasteiger partial charge is 0.494 e. The Kier molecular flexibility index (Phi) is 4.56. The van der Waals surface area contributed by atoms with Crippen LogP contribution >= 0.6 is 11.3 Å². The highest BCUT2D eigenvalue weighted by molar-refractivity contribution is 7.22. The number of hydrogen-bond donors (Lipinski definition) is 1. The molecule has 3 rings (SSSR count). The van der Waals surface area contributed by atoms with Crippen LogP contribution in [0, 0.1) is 0 Å². The third-order valence-electron chi connectivity index (χ3n) is 3.84. The molecule has 0 bridgehead atoms. The molecule has 0 spiro atoms. The fourth-order valence-corrected chi connectivity index (χ4v) is 3.69. The standard InChI is InChI=1S/C16H22N4O2S/c1-11(2)17-15(21)19-7-9-20(10-8-19)16-18-14-12(22-3)5-4-6-13(14)23-16/h4-6,11H,7-10H2,1-3H3,(H,17,21). The number of ether oxygens (including phenoxy) is 1. The number of carbonyl (C=O) groups is 1. The molecule has 1 aliphatic rings. The zero-order chi connectivity index (χ0) is 16.4. The van der Waals surface area contributed by atoms with E-state index in [-0.39, 0.29) is 12.1 Å². The quantitative estimate of drug-likeness (QED) is 0.937. The highest BCUT2D eigenvalue weighted by atomic mass is 32.1. The molecule has 7 heteroatoms. The zero-order valence-electron chi connectivity index (χ0n) is 13.7. The first-order chi connectivity index (χ1) is 11.1. The van der Waals surface area contributed by atoms with E-state index in [0.717, 1.165) is 34.2 Å². The van der Waals surface area contributed by atoms with Gasteiger partial charge in [0.2, 0.25) is 0 Å². The zero-order valence-corrected chi connectivity index (χ0v) is 14.5. The van der Waals surface area contributed by atoms with Gasteiger partial charge in [-0.15, -0.1) is 0 Å². The summed E-state index contributed by atoms with van der Waals surface area (Å²) in [5, 5.41) is 3.94. The maximum atomic E-state index is 12.0. The molecule has 1 fully saturated rings. The Bertz CT molecular complexity index is 692. The van der Waals surface area contributed by atoms with E-state index in [4.69, 9.17) is 9.72 Å². The highest BCUT2D eigenvalue weighted by Gasteiger charge is 2.23. The number of aromatic nitrogens is 1. The lowest BCUT2D eigenvalue weighted by atomic mass is 10.3. The number of nitrogens with one attached hydrogen (secondary N) is 1. The number of nitrogens with zero attached hydrogens (tertiary/aromatic N) is 3. The third-order valence-corrected chi connectivity index (χ3v) is 4.92. The summed E-state index contributed by atoms with van der Waals surface area (Å²) in [7, 11) is 1.67. The Hall–Kier alpha value is -2.02. The Morgan fingerprint density at radius 3 is 2.70 bits per heavy atom. The van der Waals surface area contributed by atoms with Crippen LogP contribution in [-0.4, -0.2) is 55.2 Å². The first-order valence-electron chi connectivity index (χ1n) is 7.82. The molecule has 1 N–H and O–H groups in total. The average molecular weight is 334 g/mol. The van der Waals surface area contributed by atoms with Crippen LogP contribution in [0.5, 0.6) is 5.75 Å². The summed E-state index contributed by atoms with van der Waals surface area (Å²) in [6.07, 6.45) is 0. The number of amides is 2. The third kappa shape index (κ3) is 3.34. The second-order valence-corrected chi connectivity index (χ2v) is 6.89. The van der Waals surface area contributed by atoms with Crippen LogP contribution in [0.3, 0.4) is 0 Å². The van der Waals surface area contributed by atoms with E-state index in [9.17, 15) is 4.79 Å². The van der Waals surface area contributed by atoms with Crippen molar-refractivity contribution in [3.05, 3.63) is 18.2 Å². The van der Waals surface area contributed by atoms with E-state index in [2.05, 4.69) is 16.3 Å². The second kappa shape index (κ2) is 6.62. The Balaban J connectivity index is 1.69. The fourth-order valence-electron chi connectivity index (χ4n) is 2.65. The monoisotopic (exact) mass is 334 g/mol. The van der Waals surface area contributed by atoms with E-state index >= 15 is 0 Å². The highest BCUT2D eigenvalue weighted by Crippen LogP contribution is 2.34. The maximum Gasteiger partial charge on any atom is 0.317 e. The van der Waals surface area contributed by atoms with Gasteiger partial charge in [-0.3, -0.25) is 0 Å². The van der Waals surface area contributed by atoms with E-state index < -0.39 is 0 Å². The Labute approximate surface area is 140 Å². The predicted molar refractivity (Wildman–Crippen MR) is 93.6 cm³/mol. The van der Waals surface area contributed by atoms with Gasteiger partial charge >= 0.3 is 6.03 Å². The van der Waals surface area contributed by atoms with E-state index in [1.54, 1.807) is 18.4 Å². The van der Waals surface area contributed by atoms with Gasteiger partial charge < -0.3 is 19.9 Å². The number of hydrogen-bond acceptors (Lipinski definition) is 5. The number of thiazole rings is 1. The molecule has 0 unspecified atom stereocenters. The van der Waals surface area contributed by atoms with Gasteiger partial charge in [-0.25, -0.2) is 9.78 Å². The van der Waals surface area contributed by atoms with Crippen LogP contribution in [-0.2, 0) is 0 Å². The van der Waals surface area contributed by atoms with Crippen molar-refractivity contribution in [3.63, 3.8) is 0 Å². The molecule has 2 amide bonds. The maximum absolute atomic E-state index is 12.0. The fraction of sp³-hybridized carbons (Fsp3) is 0.500. The van der Waals surface area contributed by atoms with Crippen molar-refractivity contribution >= 4 is 32.7 Å². The van der Waals surface area contributed by atoms with Crippen LogP contribution in [0.15, 0.2) is 18.2 Å². The van der Waals surface area contributed by atoms with Crippen molar-refractivity contribution in [1.29, 1.82) is 0 Å². The molecule has 23 heavy (non-hydrogen) atoms. The number of benzene rings is 1. The molecule has 1 aromatic carbocycles. The van der Waals surface area contributed by atoms with Crippen LogP contribution in [0.4, 0.5) is 9.93 Å². The van der Waals surface area contributed by atoms with Gasteiger partial charge in [0, 0.05) is 32.2 Å². The number of fused-ring (bicyclic) bond motifs is 1. The summed E-state index contributed by atoms with van der Waals surface area (Å²) in [6, 6.07) is 6.16. The van der Waals surface area contributed by atoms with Crippen LogP contribution in [0.25, 0.3) is 10.2 Å². The van der Waals surface area contributed by atoms with Crippen molar-refractivity contribution in [3.8, 4) is 5.75 Å². The average Bonchev–Trinajstić information content (AvgIpc) is 2.98.